The molecule has 1 fully saturated rings. The van der Waals surface area contributed by atoms with Crippen LogP contribution in [0.2, 0.25) is 0 Å². The summed E-state index contributed by atoms with van der Waals surface area (Å²) in [6, 6.07) is 0.210. The number of nitrogens with two attached hydrogens (primary N) is 1. The van der Waals surface area contributed by atoms with Gasteiger partial charge in [-0.3, -0.25) is 4.90 Å². The van der Waals surface area contributed by atoms with E-state index in [1.165, 1.54) is 0 Å². The zero-order chi connectivity index (χ0) is 8.27. The molecule has 1 aliphatic rings. The first kappa shape index (κ1) is 8.90. The molecule has 0 aromatic carbocycles. The van der Waals surface area contributed by atoms with Crippen molar-refractivity contribution in [1.29, 1.82) is 0 Å². The third-order valence-electron chi connectivity index (χ3n) is 1.96. The summed E-state index contributed by atoms with van der Waals surface area (Å²) in [5, 5.41) is 8.95. The second kappa shape index (κ2) is 3.99. The van der Waals surface area contributed by atoms with Crippen LogP contribution in [0.25, 0.3) is 0 Å². The largest absolute Gasteiger partial charge is 0.389 e. The molecule has 1 saturated heterocycles. The average molecular weight is 162 g/mol. The van der Waals surface area contributed by atoms with Crippen LogP contribution < -0.4 is 5.73 Å². The maximum Gasteiger partial charge on any atom is 0.117 e. The summed E-state index contributed by atoms with van der Waals surface area (Å²) in [5.41, 5.74) is 5.63. The Hall–Kier alpha value is -0.190. The molecule has 11 heavy (non-hydrogen) atoms. The van der Waals surface area contributed by atoms with Crippen molar-refractivity contribution in [3.63, 3.8) is 0 Å². The number of β-amino-alcohol motifs (C(OH)–C–C–N with tert-alkyl or cyclic N) is 1. The lowest BCUT2D eigenvalue weighted by molar-refractivity contribution is 0.0991. The van der Waals surface area contributed by atoms with Gasteiger partial charge in [0, 0.05) is 19.1 Å². The van der Waals surface area contributed by atoms with Gasteiger partial charge in [0.2, 0.25) is 0 Å². The molecule has 0 aromatic rings. The highest BCUT2D eigenvalue weighted by molar-refractivity contribution is 4.79. The first-order chi connectivity index (χ1) is 5.22. The maximum atomic E-state index is 11.8. The fourth-order valence-corrected chi connectivity index (χ4v) is 1.38. The molecule has 3 N–H and O–H groups in total. The number of alkyl halides is 1. The van der Waals surface area contributed by atoms with Crippen molar-refractivity contribution in [2.45, 2.75) is 18.6 Å². The van der Waals surface area contributed by atoms with Gasteiger partial charge < -0.3 is 10.8 Å². The molecule has 1 unspecified atom stereocenters. The Balaban J connectivity index is 2.17. The lowest BCUT2D eigenvalue weighted by atomic mass is 10.3. The zero-order valence-electron chi connectivity index (χ0n) is 6.54. The summed E-state index contributed by atoms with van der Waals surface area (Å²) in [7, 11) is 0. The van der Waals surface area contributed by atoms with Gasteiger partial charge in [-0.25, -0.2) is 4.39 Å². The number of rotatable bonds is 3. The molecule has 0 saturated carbocycles. The molecule has 0 bridgehead atoms. The SMILES string of the molecule is N[C@@H]1CCN(CC(O)CF)C1. The predicted octanol–water partition coefficient (Wildman–Crippen LogP) is -0.650. The third kappa shape index (κ3) is 2.73. The second-order valence-corrected chi connectivity index (χ2v) is 3.12. The fraction of sp³-hybridized carbons (Fsp3) is 1.00. The van der Waals surface area contributed by atoms with Crippen molar-refractivity contribution in [1.82, 2.24) is 4.90 Å². The van der Waals surface area contributed by atoms with E-state index >= 15 is 0 Å². The zero-order valence-corrected chi connectivity index (χ0v) is 6.54. The van der Waals surface area contributed by atoms with Crippen molar-refractivity contribution in [2.24, 2.45) is 5.73 Å². The number of aliphatic hydroxyl groups excluding tert-OH is 1. The Labute approximate surface area is 66.0 Å². The molecular weight excluding hydrogens is 147 g/mol. The molecule has 66 valence electrons. The molecule has 0 spiro atoms. The van der Waals surface area contributed by atoms with Gasteiger partial charge in [-0.2, -0.15) is 0 Å². The summed E-state index contributed by atoms with van der Waals surface area (Å²) < 4.78 is 11.8. The predicted molar refractivity (Wildman–Crippen MR) is 41.0 cm³/mol. The van der Waals surface area contributed by atoms with Crippen LogP contribution in [0.5, 0.6) is 0 Å². The maximum absolute atomic E-state index is 11.8. The second-order valence-electron chi connectivity index (χ2n) is 3.12. The number of hydrogen-bond acceptors (Lipinski definition) is 3. The van der Waals surface area contributed by atoms with Crippen LogP contribution in [0, 0.1) is 0 Å². The molecule has 1 rings (SSSR count). The Morgan fingerprint density at radius 2 is 2.45 bits per heavy atom. The van der Waals surface area contributed by atoms with Crippen LogP contribution in [-0.2, 0) is 0 Å². The Morgan fingerprint density at radius 1 is 1.73 bits per heavy atom. The normalized spacial score (nSPS) is 29.2. The highest BCUT2D eigenvalue weighted by Gasteiger charge is 2.20. The van der Waals surface area contributed by atoms with Gasteiger partial charge >= 0.3 is 0 Å². The van der Waals surface area contributed by atoms with Gasteiger partial charge in [-0.05, 0) is 13.0 Å². The van der Waals surface area contributed by atoms with E-state index in [1.807, 2.05) is 4.90 Å². The van der Waals surface area contributed by atoms with E-state index < -0.39 is 12.8 Å². The van der Waals surface area contributed by atoms with E-state index in [-0.39, 0.29) is 6.04 Å². The van der Waals surface area contributed by atoms with Crippen LogP contribution in [0.15, 0.2) is 0 Å². The third-order valence-corrected chi connectivity index (χ3v) is 1.96. The standard InChI is InChI=1S/C7H15FN2O/c8-3-7(11)5-10-2-1-6(9)4-10/h6-7,11H,1-5,9H2/t6-,7?/m1/s1. The van der Waals surface area contributed by atoms with E-state index in [0.717, 1.165) is 19.5 Å². The van der Waals surface area contributed by atoms with Crippen LogP contribution in [0.3, 0.4) is 0 Å². The molecule has 0 radical (unpaired) electrons. The highest BCUT2D eigenvalue weighted by Crippen LogP contribution is 2.06. The minimum absolute atomic E-state index is 0.210. The van der Waals surface area contributed by atoms with E-state index in [4.69, 9.17) is 10.8 Å². The number of halogens is 1. The molecule has 3 nitrogen and oxygen atoms in total. The Bertz CT molecular complexity index is 123. The van der Waals surface area contributed by atoms with E-state index in [1.54, 1.807) is 0 Å². The average Bonchev–Trinajstić information content (AvgIpc) is 2.35. The van der Waals surface area contributed by atoms with E-state index in [0.29, 0.717) is 6.54 Å². The monoisotopic (exact) mass is 162 g/mol. The van der Waals surface area contributed by atoms with Crippen molar-refractivity contribution in [2.75, 3.05) is 26.3 Å². The number of likely N-dealkylation sites (tertiary alicyclic amines) is 1. The fourth-order valence-electron chi connectivity index (χ4n) is 1.38. The van der Waals surface area contributed by atoms with Gasteiger partial charge in [-0.1, -0.05) is 0 Å². The van der Waals surface area contributed by atoms with Gasteiger partial charge in [0.1, 0.15) is 6.67 Å². The van der Waals surface area contributed by atoms with Crippen molar-refractivity contribution >= 4 is 0 Å². The van der Waals surface area contributed by atoms with Crippen LogP contribution in [0.4, 0.5) is 4.39 Å². The van der Waals surface area contributed by atoms with Crippen LogP contribution in [0.1, 0.15) is 6.42 Å². The number of aliphatic hydroxyl groups is 1. The molecule has 0 amide bonds. The first-order valence-electron chi connectivity index (χ1n) is 3.94. The number of hydrogen-bond donors (Lipinski definition) is 2. The quantitative estimate of drug-likeness (QED) is 0.580. The molecule has 0 aromatic heterocycles. The van der Waals surface area contributed by atoms with Crippen LogP contribution in [-0.4, -0.2) is 48.5 Å². The molecule has 0 aliphatic carbocycles. The van der Waals surface area contributed by atoms with Gasteiger partial charge in [-0.15, -0.1) is 0 Å². The van der Waals surface area contributed by atoms with Gasteiger partial charge in [0.25, 0.3) is 0 Å². The van der Waals surface area contributed by atoms with Crippen LogP contribution >= 0.6 is 0 Å². The molecule has 2 atom stereocenters. The first-order valence-corrected chi connectivity index (χ1v) is 3.94. The van der Waals surface area contributed by atoms with E-state index in [9.17, 15) is 4.39 Å². The van der Waals surface area contributed by atoms with Crippen molar-refractivity contribution in [3.05, 3.63) is 0 Å². The molecular formula is C7H15FN2O. The minimum Gasteiger partial charge on any atom is -0.389 e. The van der Waals surface area contributed by atoms with Gasteiger partial charge in [0.05, 0.1) is 6.10 Å². The van der Waals surface area contributed by atoms with E-state index in [2.05, 4.69) is 0 Å². The summed E-state index contributed by atoms with van der Waals surface area (Å²) >= 11 is 0. The molecule has 1 aliphatic heterocycles. The molecule has 1 heterocycles. The van der Waals surface area contributed by atoms with Crippen molar-refractivity contribution in [3.8, 4) is 0 Å². The Morgan fingerprint density at radius 3 is 2.91 bits per heavy atom. The summed E-state index contributed by atoms with van der Waals surface area (Å²) in [6.45, 7) is 1.44. The van der Waals surface area contributed by atoms with Crippen molar-refractivity contribution < 1.29 is 9.50 Å². The molecule has 4 heteroatoms. The lowest BCUT2D eigenvalue weighted by Gasteiger charge is -2.17. The topological polar surface area (TPSA) is 49.5 Å². The highest BCUT2D eigenvalue weighted by atomic mass is 19.1. The smallest absolute Gasteiger partial charge is 0.117 e. The lowest BCUT2D eigenvalue weighted by Crippen LogP contribution is -2.33. The minimum atomic E-state index is -0.833. The summed E-state index contributed by atoms with van der Waals surface area (Å²) in [6.07, 6.45) is 0.124. The Kier molecular flexibility index (Phi) is 3.23. The number of nitrogens with zero attached hydrogens (tertiary/aromatic N) is 1. The summed E-state index contributed by atoms with van der Waals surface area (Å²) in [4.78, 5) is 1.99. The summed E-state index contributed by atoms with van der Waals surface area (Å²) in [5.74, 6) is 0. The van der Waals surface area contributed by atoms with Gasteiger partial charge in [0.15, 0.2) is 0 Å².